The SMILES string of the molecule is O=[N+]([O-])c1cc(Cl)c(Cl)c(Br)c1[N+](=O)[O-]. The van der Waals surface area contributed by atoms with Crippen molar-refractivity contribution in [1.82, 2.24) is 0 Å². The monoisotopic (exact) mass is 314 g/mol. The van der Waals surface area contributed by atoms with Crippen LogP contribution in [0.5, 0.6) is 0 Å². The van der Waals surface area contributed by atoms with Gasteiger partial charge in [0.2, 0.25) is 0 Å². The minimum Gasteiger partial charge on any atom is -0.258 e. The van der Waals surface area contributed by atoms with Crippen LogP contribution in [0.2, 0.25) is 10.0 Å². The van der Waals surface area contributed by atoms with Gasteiger partial charge in [-0.15, -0.1) is 0 Å². The Morgan fingerprint density at radius 2 is 1.73 bits per heavy atom. The van der Waals surface area contributed by atoms with Crippen molar-refractivity contribution in [2.24, 2.45) is 0 Å². The molecule has 1 aromatic carbocycles. The standard InChI is InChI=1S/C6HBrCl2N2O4/c7-4-5(9)2(8)1-3(10(12)13)6(4)11(14)15/h1H. The molecule has 0 amide bonds. The van der Waals surface area contributed by atoms with Crippen molar-refractivity contribution in [3.8, 4) is 0 Å². The molecule has 0 saturated carbocycles. The molecule has 0 heterocycles. The number of nitro groups is 2. The van der Waals surface area contributed by atoms with Gasteiger partial charge in [-0.25, -0.2) is 0 Å². The molecule has 0 fully saturated rings. The molecule has 0 unspecified atom stereocenters. The van der Waals surface area contributed by atoms with E-state index < -0.39 is 21.2 Å². The Kier molecular flexibility index (Phi) is 3.48. The van der Waals surface area contributed by atoms with Crippen LogP contribution in [-0.2, 0) is 0 Å². The highest BCUT2D eigenvalue weighted by Crippen LogP contribution is 2.43. The highest BCUT2D eigenvalue weighted by Gasteiger charge is 2.31. The topological polar surface area (TPSA) is 86.3 Å². The van der Waals surface area contributed by atoms with Crippen LogP contribution in [0, 0.1) is 20.2 Å². The second kappa shape index (κ2) is 4.30. The Labute approximate surface area is 101 Å². The number of nitro benzene ring substituents is 2. The van der Waals surface area contributed by atoms with E-state index in [4.69, 9.17) is 23.2 Å². The van der Waals surface area contributed by atoms with E-state index in [1.807, 2.05) is 0 Å². The molecule has 0 N–H and O–H groups in total. The van der Waals surface area contributed by atoms with Gasteiger partial charge in [-0.3, -0.25) is 20.2 Å². The van der Waals surface area contributed by atoms with Crippen molar-refractivity contribution >= 4 is 50.5 Å². The molecule has 0 saturated heterocycles. The van der Waals surface area contributed by atoms with E-state index in [1.165, 1.54) is 0 Å². The van der Waals surface area contributed by atoms with Crippen molar-refractivity contribution in [3.63, 3.8) is 0 Å². The minimum absolute atomic E-state index is 0.124. The van der Waals surface area contributed by atoms with E-state index in [9.17, 15) is 20.2 Å². The lowest BCUT2D eigenvalue weighted by Crippen LogP contribution is -1.98. The average molecular weight is 316 g/mol. The Morgan fingerprint density at radius 3 is 2.13 bits per heavy atom. The third-order valence-electron chi connectivity index (χ3n) is 1.50. The van der Waals surface area contributed by atoms with E-state index in [2.05, 4.69) is 15.9 Å². The number of benzene rings is 1. The normalized spacial score (nSPS) is 10.1. The van der Waals surface area contributed by atoms with Gasteiger partial charge in [0.25, 0.3) is 0 Å². The highest BCUT2D eigenvalue weighted by molar-refractivity contribution is 9.10. The van der Waals surface area contributed by atoms with Crippen molar-refractivity contribution < 1.29 is 9.85 Å². The van der Waals surface area contributed by atoms with E-state index >= 15 is 0 Å². The van der Waals surface area contributed by atoms with E-state index in [0.29, 0.717) is 0 Å². The van der Waals surface area contributed by atoms with Gasteiger partial charge in [0.1, 0.15) is 4.47 Å². The number of hydrogen-bond acceptors (Lipinski definition) is 4. The Hall–Kier alpha value is -0.920. The first-order valence-electron chi connectivity index (χ1n) is 3.32. The van der Waals surface area contributed by atoms with Crippen LogP contribution in [0.25, 0.3) is 0 Å². The van der Waals surface area contributed by atoms with Crippen molar-refractivity contribution in [2.45, 2.75) is 0 Å². The van der Waals surface area contributed by atoms with Crippen molar-refractivity contribution in [2.75, 3.05) is 0 Å². The summed E-state index contributed by atoms with van der Waals surface area (Å²) in [4.78, 5) is 19.3. The van der Waals surface area contributed by atoms with Crippen LogP contribution in [0.15, 0.2) is 10.5 Å². The van der Waals surface area contributed by atoms with Gasteiger partial charge in [0.15, 0.2) is 0 Å². The molecule has 0 aliphatic rings. The van der Waals surface area contributed by atoms with Gasteiger partial charge in [0.05, 0.1) is 19.9 Å². The predicted molar refractivity (Wildman–Crippen MR) is 57.5 cm³/mol. The Balaban J connectivity index is 3.65. The van der Waals surface area contributed by atoms with Gasteiger partial charge in [-0.2, -0.15) is 0 Å². The molecule has 0 spiro atoms. The van der Waals surface area contributed by atoms with Crippen LogP contribution in [0.1, 0.15) is 0 Å². The maximum Gasteiger partial charge on any atom is 0.361 e. The second-order valence-electron chi connectivity index (χ2n) is 2.37. The third kappa shape index (κ3) is 2.19. The fourth-order valence-electron chi connectivity index (χ4n) is 0.886. The first-order chi connectivity index (χ1) is 6.86. The summed E-state index contributed by atoms with van der Waals surface area (Å²) < 4.78 is -0.201. The summed E-state index contributed by atoms with van der Waals surface area (Å²) in [5.41, 5.74) is -1.42. The molecule has 0 aliphatic carbocycles. The zero-order valence-corrected chi connectivity index (χ0v) is 9.84. The molecule has 6 nitrogen and oxygen atoms in total. The van der Waals surface area contributed by atoms with Gasteiger partial charge < -0.3 is 0 Å². The molecule has 1 aromatic rings. The van der Waals surface area contributed by atoms with Crippen LogP contribution in [0.3, 0.4) is 0 Å². The van der Waals surface area contributed by atoms with Crippen LogP contribution in [0.4, 0.5) is 11.4 Å². The zero-order chi connectivity index (χ0) is 11.7. The lowest BCUT2D eigenvalue weighted by molar-refractivity contribution is -0.423. The zero-order valence-electron chi connectivity index (χ0n) is 6.74. The smallest absolute Gasteiger partial charge is 0.258 e. The molecule has 15 heavy (non-hydrogen) atoms. The fraction of sp³-hybridized carbons (Fsp3) is 0. The summed E-state index contributed by atoms with van der Waals surface area (Å²) in [6, 6.07) is 0.840. The second-order valence-corrected chi connectivity index (χ2v) is 3.95. The first kappa shape index (κ1) is 12.2. The van der Waals surface area contributed by atoms with Crippen molar-refractivity contribution in [1.29, 1.82) is 0 Å². The maximum absolute atomic E-state index is 10.6. The van der Waals surface area contributed by atoms with E-state index in [1.54, 1.807) is 0 Å². The third-order valence-corrected chi connectivity index (χ3v) is 3.28. The number of nitrogens with zero attached hydrogens (tertiary/aromatic N) is 2. The van der Waals surface area contributed by atoms with Crippen molar-refractivity contribution in [3.05, 3.63) is 40.8 Å². The van der Waals surface area contributed by atoms with Gasteiger partial charge in [-0.1, -0.05) is 23.2 Å². The largest absolute Gasteiger partial charge is 0.361 e. The molecule has 9 heteroatoms. The molecule has 0 radical (unpaired) electrons. The lowest BCUT2D eigenvalue weighted by atomic mass is 10.3. The Morgan fingerprint density at radius 1 is 1.20 bits per heavy atom. The minimum atomic E-state index is -0.898. The summed E-state index contributed by atoms with van der Waals surface area (Å²) in [5, 5.41) is 20.8. The summed E-state index contributed by atoms with van der Waals surface area (Å²) in [7, 11) is 0. The molecule has 80 valence electrons. The van der Waals surface area contributed by atoms with Crippen LogP contribution < -0.4 is 0 Å². The summed E-state index contributed by atoms with van der Waals surface area (Å²) in [5.74, 6) is 0. The van der Waals surface area contributed by atoms with E-state index in [-0.39, 0.29) is 14.5 Å². The lowest BCUT2D eigenvalue weighted by Gasteiger charge is -2.01. The molecule has 0 bridgehead atoms. The first-order valence-corrected chi connectivity index (χ1v) is 4.87. The summed E-state index contributed by atoms with van der Waals surface area (Å²) >= 11 is 13.9. The van der Waals surface area contributed by atoms with Gasteiger partial charge in [-0.05, 0) is 15.9 Å². The average Bonchev–Trinajstić information content (AvgIpc) is 2.12. The summed E-state index contributed by atoms with van der Waals surface area (Å²) in [6.07, 6.45) is 0. The highest BCUT2D eigenvalue weighted by atomic mass is 79.9. The summed E-state index contributed by atoms with van der Waals surface area (Å²) in [6.45, 7) is 0. The predicted octanol–water partition coefficient (Wildman–Crippen LogP) is 3.57. The molecule has 0 aromatic heterocycles. The fourth-order valence-corrected chi connectivity index (χ4v) is 1.90. The molecule has 0 aliphatic heterocycles. The molecular formula is C6HBrCl2N2O4. The number of hydrogen-bond donors (Lipinski definition) is 0. The maximum atomic E-state index is 10.6. The van der Waals surface area contributed by atoms with Gasteiger partial charge >= 0.3 is 11.4 Å². The van der Waals surface area contributed by atoms with Crippen LogP contribution in [-0.4, -0.2) is 9.85 Å². The molecule has 0 atom stereocenters. The number of rotatable bonds is 2. The quantitative estimate of drug-likeness (QED) is 0.474. The molecule has 1 rings (SSSR count). The van der Waals surface area contributed by atoms with E-state index in [0.717, 1.165) is 6.07 Å². The van der Waals surface area contributed by atoms with Gasteiger partial charge in [0, 0.05) is 6.07 Å². The Bertz CT molecular complexity index is 465. The van der Waals surface area contributed by atoms with Crippen LogP contribution >= 0.6 is 39.1 Å². The molecular weight excluding hydrogens is 315 g/mol. The number of halogens is 3.